The van der Waals surface area contributed by atoms with Gasteiger partial charge in [-0.3, -0.25) is 4.79 Å². The lowest BCUT2D eigenvalue weighted by molar-refractivity contribution is -0.137. The van der Waals surface area contributed by atoms with Gasteiger partial charge in [-0.25, -0.2) is 4.79 Å². The maximum atomic E-state index is 12.1. The Bertz CT molecular complexity index is 344. The van der Waals surface area contributed by atoms with Gasteiger partial charge in [-0.1, -0.05) is 0 Å². The molecule has 0 bridgehead atoms. The third kappa shape index (κ3) is 4.38. The first kappa shape index (κ1) is 14.1. The van der Waals surface area contributed by atoms with E-state index in [1.54, 1.807) is 7.11 Å². The summed E-state index contributed by atoms with van der Waals surface area (Å²) in [5, 5.41) is 11.8. The summed E-state index contributed by atoms with van der Waals surface area (Å²) in [4.78, 5) is 24.3. The van der Waals surface area contributed by atoms with E-state index >= 15 is 0 Å². The number of carbonyl (C=O) groups excluding carboxylic acids is 1. The maximum absolute atomic E-state index is 12.1. The third-order valence-electron chi connectivity index (χ3n) is 3.83. The number of ether oxygens (including phenoxy) is 1. The molecule has 0 spiro atoms. The minimum atomic E-state index is -0.961. The van der Waals surface area contributed by atoms with Gasteiger partial charge in [0.05, 0.1) is 6.10 Å². The summed E-state index contributed by atoms with van der Waals surface area (Å²) in [6.07, 6.45) is 5.06. The van der Waals surface area contributed by atoms with Crippen molar-refractivity contribution in [3.05, 3.63) is 0 Å². The van der Waals surface area contributed by atoms with E-state index in [-0.39, 0.29) is 24.7 Å². The fraction of sp³-hybridized carbons (Fsp3) is 0.846. The first-order valence-corrected chi connectivity index (χ1v) is 6.88. The topological polar surface area (TPSA) is 78.9 Å². The molecule has 2 rings (SSSR count). The van der Waals surface area contributed by atoms with E-state index in [9.17, 15) is 9.59 Å². The molecule has 6 heteroatoms. The van der Waals surface area contributed by atoms with Gasteiger partial charge in [-0.2, -0.15) is 0 Å². The quantitative estimate of drug-likeness (QED) is 0.756. The zero-order valence-electron chi connectivity index (χ0n) is 11.3. The molecule has 2 fully saturated rings. The monoisotopic (exact) mass is 270 g/mol. The first-order valence-electron chi connectivity index (χ1n) is 6.88. The van der Waals surface area contributed by atoms with Gasteiger partial charge < -0.3 is 20.1 Å². The number of rotatable bonds is 6. The van der Waals surface area contributed by atoms with E-state index in [4.69, 9.17) is 9.84 Å². The van der Waals surface area contributed by atoms with E-state index in [1.165, 1.54) is 4.90 Å². The molecule has 0 aromatic carbocycles. The molecule has 0 aromatic heterocycles. The zero-order chi connectivity index (χ0) is 13.8. The molecule has 2 aliphatic rings. The van der Waals surface area contributed by atoms with Gasteiger partial charge in [-0.05, 0) is 38.0 Å². The Hall–Kier alpha value is -1.30. The Morgan fingerprint density at radius 1 is 1.32 bits per heavy atom. The van der Waals surface area contributed by atoms with Crippen LogP contribution < -0.4 is 5.32 Å². The number of urea groups is 1. The molecule has 108 valence electrons. The van der Waals surface area contributed by atoms with Crippen LogP contribution in [0.1, 0.15) is 32.1 Å². The third-order valence-corrected chi connectivity index (χ3v) is 3.83. The van der Waals surface area contributed by atoms with Crippen LogP contribution in [0.2, 0.25) is 0 Å². The summed E-state index contributed by atoms with van der Waals surface area (Å²) in [6, 6.07) is -0.149. The van der Waals surface area contributed by atoms with Gasteiger partial charge in [0, 0.05) is 19.7 Å². The summed E-state index contributed by atoms with van der Waals surface area (Å²) in [5.74, 6) is -0.475. The highest BCUT2D eigenvalue weighted by atomic mass is 16.5. The van der Waals surface area contributed by atoms with Crippen LogP contribution in [-0.2, 0) is 9.53 Å². The van der Waals surface area contributed by atoms with E-state index < -0.39 is 5.97 Å². The minimum Gasteiger partial charge on any atom is -0.480 e. The van der Waals surface area contributed by atoms with Crippen LogP contribution in [0.25, 0.3) is 0 Å². The predicted molar refractivity (Wildman–Crippen MR) is 68.9 cm³/mol. The van der Waals surface area contributed by atoms with Crippen molar-refractivity contribution in [2.45, 2.75) is 44.2 Å². The van der Waals surface area contributed by atoms with Crippen LogP contribution >= 0.6 is 0 Å². The second kappa shape index (κ2) is 6.23. The molecule has 0 saturated heterocycles. The zero-order valence-corrected chi connectivity index (χ0v) is 11.3. The number of methoxy groups -OCH3 is 1. The molecular weight excluding hydrogens is 248 g/mol. The highest BCUT2D eigenvalue weighted by Crippen LogP contribution is 2.30. The van der Waals surface area contributed by atoms with Gasteiger partial charge >= 0.3 is 12.0 Å². The Labute approximate surface area is 113 Å². The predicted octanol–water partition coefficient (Wildman–Crippen LogP) is 1.06. The van der Waals surface area contributed by atoms with E-state index in [0.717, 1.165) is 32.1 Å². The number of amides is 2. The fourth-order valence-electron chi connectivity index (χ4n) is 2.55. The molecule has 0 aromatic rings. The van der Waals surface area contributed by atoms with Crippen LogP contribution in [-0.4, -0.2) is 54.4 Å². The highest BCUT2D eigenvalue weighted by Gasteiger charge is 2.31. The molecule has 2 saturated carbocycles. The average Bonchev–Trinajstić information content (AvgIpc) is 3.05. The Kier molecular flexibility index (Phi) is 4.63. The number of carbonyl (C=O) groups is 2. The average molecular weight is 270 g/mol. The van der Waals surface area contributed by atoms with Crippen LogP contribution in [0.4, 0.5) is 4.79 Å². The molecule has 0 heterocycles. The standard InChI is InChI=1S/C13H22N2O4/c1-19-11-5-4-10(6-11)14-13(18)15(8-12(16)17)7-9-2-3-9/h9-11H,2-8H2,1H3,(H,14,18)(H,16,17). The first-order chi connectivity index (χ1) is 9.08. The highest BCUT2D eigenvalue weighted by molar-refractivity contribution is 5.80. The van der Waals surface area contributed by atoms with Crippen molar-refractivity contribution in [3.8, 4) is 0 Å². The largest absolute Gasteiger partial charge is 0.480 e. The van der Waals surface area contributed by atoms with Crippen LogP contribution in [0.3, 0.4) is 0 Å². The number of carboxylic acids is 1. The number of carboxylic acid groups (broad SMARTS) is 1. The molecule has 2 atom stereocenters. The summed E-state index contributed by atoms with van der Waals surface area (Å²) >= 11 is 0. The van der Waals surface area contributed by atoms with Crippen LogP contribution in [0.5, 0.6) is 0 Å². The summed E-state index contributed by atoms with van der Waals surface area (Å²) in [6.45, 7) is 0.335. The van der Waals surface area contributed by atoms with E-state index in [2.05, 4.69) is 5.32 Å². The number of hydrogen-bond acceptors (Lipinski definition) is 3. The smallest absolute Gasteiger partial charge is 0.323 e. The minimum absolute atomic E-state index is 0.105. The molecule has 19 heavy (non-hydrogen) atoms. The SMILES string of the molecule is COC1CCC(NC(=O)N(CC(=O)O)CC2CC2)C1. The fourth-order valence-corrected chi connectivity index (χ4v) is 2.55. The number of nitrogens with one attached hydrogen (secondary N) is 1. The van der Waals surface area contributed by atoms with E-state index in [1.807, 2.05) is 0 Å². The van der Waals surface area contributed by atoms with Crippen molar-refractivity contribution in [2.24, 2.45) is 5.92 Å². The maximum Gasteiger partial charge on any atom is 0.323 e. The number of nitrogens with zero attached hydrogens (tertiary/aromatic N) is 1. The van der Waals surface area contributed by atoms with Crippen molar-refractivity contribution >= 4 is 12.0 Å². The van der Waals surface area contributed by atoms with Gasteiger partial charge in [0.15, 0.2) is 0 Å². The molecular formula is C13H22N2O4. The van der Waals surface area contributed by atoms with Gasteiger partial charge in [-0.15, -0.1) is 0 Å². The lowest BCUT2D eigenvalue weighted by Gasteiger charge is -2.23. The molecule has 6 nitrogen and oxygen atoms in total. The van der Waals surface area contributed by atoms with Gasteiger partial charge in [0.1, 0.15) is 6.54 Å². The molecule has 2 N–H and O–H groups in total. The summed E-state index contributed by atoms with van der Waals surface area (Å²) in [7, 11) is 1.68. The van der Waals surface area contributed by atoms with Gasteiger partial charge in [0.2, 0.25) is 0 Å². The second-order valence-electron chi connectivity index (χ2n) is 5.53. The van der Waals surface area contributed by atoms with Crippen molar-refractivity contribution in [3.63, 3.8) is 0 Å². The lowest BCUT2D eigenvalue weighted by atomic mass is 10.2. The van der Waals surface area contributed by atoms with Crippen molar-refractivity contribution in [2.75, 3.05) is 20.2 Å². The molecule has 0 radical (unpaired) electrons. The lowest BCUT2D eigenvalue weighted by Crippen LogP contribution is -2.47. The Morgan fingerprint density at radius 3 is 2.58 bits per heavy atom. The number of aliphatic carboxylic acids is 1. The molecule has 0 aliphatic heterocycles. The molecule has 2 aliphatic carbocycles. The number of hydrogen-bond donors (Lipinski definition) is 2. The Morgan fingerprint density at radius 2 is 2.05 bits per heavy atom. The van der Waals surface area contributed by atoms with Crippen molar-refractivity contribution in [1.82, 2.24) is 10.2 Å². The molecule has 2 amide bonds. The summed E-state index contributed by atoms with van der Waals surface area (Å²) < 4.78 is 5.26. The van der Waals surface area contributed by atoms with Gasteiger partial charge in [0.25, 0.3) is 0 Å². The second-order valence-corrected chi connectivity index (χ2v) is 5.53. The Balaban J connectivity index is 1.82. The van der Waals surface area contributed by atoms with Crippen molar-refractivity contribution in [1.29, 1.82) is 0 Å². The van der Waals surface area contributed by atoms with Crippen molar-refractivity contribution < 1.29 is 19.4 Å². The normalized spacial score (nSPS) is 26.2. The molecule has 2 unspecified atom stereocenters. The van der Waals surface area contributed by atoms with Crippen LogP contribution in [0, 0.1) is 5.92 Å². The summed E-state index contributed by atoms with van der Waals surface area (Å²) in [5.41, 5.74) is 0. The van der Waals surface area contributed by atoms with Crippen LogP contribution in [0.15, 0.2) is 0 Å². The van der Waals surface area contributed by atoms with E-state index in [0.29, 0.717) is 12.5 Å².